The van der Waals surface area contributed by atoms with Gasteiger partial charge in [-0.2, -0.15) is 18.4 Å². The van der Waals surface area contributed by atoms with Crippen molar-refractivity contribution in [3.63, 3.8) is 0 Å². The van der Waals surface area contributed by atoms with Gasteiger partial charge in [0.2, 0.25) is 0 Å². The molecule has 0 radical (unpaired) electrons. The maximum atomic E-state index is 13.8. The number of hydrogen-bond donors (Lipinski definition) is 2. The smallest absolute Gasteiger partial charge is 0.389 e. The Kier molecular flexibility index (Phi) is 7.58. The molecular formula is C22H26F4N2O3. The van der Waals surface area contributed by atoms with Gasteiger partial charge < -0.3 is 15.2 Å². The molecule has 1 aliphatic rings. The van der Waals surface area contributed by atoms with Crippen LogP contribution < -0.4 is 10.1 Å². The molecule has 31 heavy (non-hydrogen) atoms. The van der Waals surface area contributed by atoms with Crippen molar-refractivity contribution in [2.45, 2.75) is 64.1 Å². The minimum absolute atomic E-state index is 0.0455. The minimum Gasteiger partial charge on any atom is -0.496 e. The number of carboxylic acids is 1. The summed E-state index contributed by atoms with van der Waals surface area (Å²) < 4.78 is 57.7. The molecule has 0 aromatic heterocycles. The van der Waals surface area contributed by atoms with Crippen molar-refractivity contribution in [1.29, 1.82) is 5.26 Å². The summed E-state index contributed by atoms with van der Waals surface area (Å²) in [7, 11) is 1.29. The number of methoxy groups -OCH3 is 1. The number of allylic oxidation sites excluding steroid dienone is 2. The molecule has 0 amide bonds. The fourth-order valence-corrected chi connectivity index (χ4v) is 4.55. The third kappa shape index (κ3) is 4.94. The zero-order valence-electron chi connectivity index (χ0n) is 17.6. The number of nitrogens with zero attached hydrogens (tertiary/aromatic N) is 1. The van der Waals surface area contributed by atoms with Crippen molar-refractivity contribution in [2.24, 2.45) is 5.41 Å². The van der Waals surface area contributed by atoms with E-state index in [0.29, 0.717) is 18.5 Å². The fourth-order valence-electron chi connectivity index (χ4n) is 4.55. The second-order valence-corrected chi connectivity index (χ2v) is 7.77. The van der Waals surface area contributed by atoms with Gasteiger partial charge in [-0.25, -0.2) is 4.39 Å². The molecule has 2 rings (SSSR count). The monoisotopic (exact) mass is 442 g/mol. The zero-order chi connectivity index (χ0) is 23.4. The van der Waals surface area contributed by atoms with E-state index in [-0.39, 0.29) is 23.3 Å². The highest BCUT2D eigenvalue weighted by Gasteiger charge is 2.56. The molecule has 0 aliphatic carbocycles. The average Bonchev–Trinajstić information content (AvgIpc) is 2.68. The maximum Gasteiger partial charge on any atom is 0.389 e. The lowest BCUT2D eigenvalue weighted by molar-refractivity contribution is -0.156. The van der Waals surface area contributed by atoms with E-state index in [0.717, 1.165) is 12.1 Å². The topological polar surface area (TPSA) is 82.3 Å². The summed E-state index contributed by atoms with van der Waals surface area (Å²) in [5.74, 6) is -2.98. The lowest BCUT2D eigenvalue weighted by Crippen LogP contribution is -2.57. The molecule has 0 saturated carbocycles. The van der Waals surface area contributed by atoms with Gasteiger partial charge in [0.05, 0.1) is 24.2 Å². The number of carboxylic acid groups (broad SMARTS) is 1. The minimum atomic E-state index is -4.44. The summed E-state index contributed by atoms with van der Waals surface area (Å²) in [6.45, 7) is 3.47. The van der Waals surface area contributed by atoms with Gasteiger partial charge in [-0.05, 0) is 32.3 Å². The molecule has 1 aromatic carbocycles. The number of hydrogen-bond acceptors (Lipinski definition) is 4. The van der Waals surface area contributed by atoms with Gasteiger partial charge in [-0.1, -0.05) is 19.4 Å². The van der Waals surface area contributed by atoms with Crippen LogP contribution in [0.2, 0.25) is 0 Å². The van der Waals surface area contributed by atoms with Gasteiger partial charge in [0.25, 0.3) is 0 Å². The molecule has 170 valence electrons. The van der Waals surface area contributed by atoms with Crippen LogP contribution in [-0.2, 0) is 4.79 Å². The Labute approximate surface area is 178 Å². The summed E-state index contributed by atoms with van der Waals surface area (Å²) in [6.07, 6.45) is -5.37. The van der Waals surface area contributed by atoms with Crippen LogP contribution in [-0.4, -0.2) is 30.4 Å². The lowest BCUT2D eigenvalue weighted by atomic mass is 9.59. The van der Waals surface area contributed by atoms with E-state index in [1.165, 1.54) is 13.2 Å². The molecule has 3 atom stereocenters. The second kappa shape index (κ2) is 9.58. The Balaban J connectivity index is 2.77. The molecule has 9 heteroatoms. The van der Waals surface area contributed by atoms with E-state index in [4.69, 9.17) is 4.74 Å². The molecular weight excluding hydrogens is 416 g/mol. The molecule has 5 nitrogen and oxygen atoms in total. The van der Waals surface area contributed by atoms with Gasteiger partial charge in [0.15, 0.2) is 0 Å². The molecule has 1 aliphatic heterocycles. The van der Waals surface area contributed by atoms with Gasteiger partial charge in [0, 0.05) is 35.7 Å². The van der Waals surface area contributed by atoms with Crippen molar-refractivity contribution in [1.82, 2.24) is 5.32 Å². The first-order valence-corrected chi connectivity index (χ1v) is 10.0. The molecule has 2 N–H and O–H groups in total. The number of halogens is 4. The highest BCUT2D eigenvalue weighted by Crippen LogP contribution is 2.54. The number of benzene rings is 1. The maximum absolute atomic E-state index is 13.8. The summed E-state index contributed by atoms with van der Waals surface area (Å²) >= 11 is 0. The molecule has 1 aromatic rings. The number of rotatable bonds is 8. The molecule has 0 fully saturated rings. The highest BCUT2D eigenvalue weighted by atomic mass is 19.4. The Morgan fingerprint density at radius 2 is 2.06 bits per heavy atom. The van der Waals surface area contributed by atoms with Crippen LogP contribution in [0, 0.1) is 22.6 Å². The van der Waals surface area contributed by atoms with Crippen LogP contribution in [0.3, 0.4) is 0 Å². The number of nitrogens with one attached hydrogen (secondary N) is 1. The zero-order valence-corrected chi connectivity index (χ0v) is 17.6. The summed E-state index contributed by atoms with van der Waals surface area (Å²) in [4.78, 5) is 12.8. The Morgan fingerprint density at radius 3 is 2.58 bits per heavy atom. The summed E-state index contributed by atoms with van der Waals surface area (Å²) in [5.41, 5.74) is -0.953. The van der Waals surface area contributed by atoms with Crippen LogP contribution in [0.15, 0.2) is 29.5 Å². The third-order valence-corrected chi connectivity index (χ3v) is 5.87. The quantitative estimate of drug-likeness (QED) is 0.535. The standard InChI is InChI=1S/C22H26F4N2O3/c1-4-6-18-21(20(29)30,9-5-10-22(24,25)26)19(16(12-27)13(2)28-18)15-8-7-14(23)11-17(15)31-3/h7-8,11,18-19,28H,4-6,9-10H2,1-3H3,(H,29,30). The van der Waals surface area contributed by atoms with Gasteiger partial charge in [-0.3, -0.25) is 4.79 Å². The van der Waals surface area contributed by atoms with E-state index < -0.39 is 48.2 Å². The van der Waals surface area contributed by atoms with Crippen LogP contribution in [0.25, 0.3) is 0 Å². The summed E-state index contributed by atoms with van der Waals surface area (Å²) in [5, 5.41) is 23.3. The lowest BCUT2D eigenvalue weighted by Gasteiger charge is -2.48. The summed E-state index contributed by atoms with van der Waals surface area (Å²) in [6, 6.07) is 4.86. The number of nitriles is 1. The predicted octanol–water partition coefficient (Wildman–Crippen LogP) is 5.29. The second-order valence-electron chi connectivity index (χ2n) is 7.77. The van der Waals surface area contributed by atoms with Gasteiger partial charge in [-0.15, -0.1) is 0 Å². The predicted molar refractivity (Wildman–Crippen MR) is 106 cm³/mol. The Morgan fingerprint density at radius 1 is 1.39 bits per heavy atom. The van der Waals surface area contributed by atoms with Crippen molar-refractivity contribution in [3.8, 4) is 11.8 Å². The molecule has 0 spiro atoms. The number of alkyl halides is 3. The Bertz CT molecular complexity index is 892. The largest absolute Gasteiger partial charge is 0.496 e. The molecule has 1 heterocycles. The number of aliphatic carboxylic acids is 1. The molecule has 3 unspecified atom stereocenters. The highest BCUT2D eigenvalue weighted by molar-refractivity contribution is 5.80. The first-order chi connectivity index (χ1) is 14.5. The van der Waals surface area contributed by atoms with Crippen molar-refractivity contribution < 1.29 is 32.2 Å². The SMILES string of the molecule is CCCC1NC(C)=C(C#N)C(c2ccc(F)cc2OC)C1(CCCC(F)(F)F)C(=O)O. The molecule has 0 bridgehead atoms. The third-order valence-electron chi connectivity index (χ3n) is 5.87. The van der Waals surface area contributed by atoms with Crippen LogP contribution in [0.4, 0.5) is 17.6 Å². The van der Waals surface area contributed by atoms with Crippen molar-refractivity contribution >= 4 is 5.97 Å². The number of carbonyl (C=O) groups is 1. The van der Waals surface area contributed by atoms with Crippen LogP contribution >= 0.6 is 0 Å². The first-order valence-electron chi connectivity index (χ1n) is 10.0. The average molecular weight is 442 g/mol. The van der Waals surface area contributed by atoms with Crippen LogP contribution in [0.1, 0.15) is 57.4 Å². The fraction of sp³-hybridized carbons (Fsp3) is 0.545. The van der Waals surface area contributed by atoms with E-state index >= 15 is 0 Å². The molecule has 0 saturated heterocycles. The normalized spacial score (nSPS) is 23.8. The number of ether oxygens (including phenoxy) is 1. The van der Waals surface area contributed by atoms with E-state index in [2.05, 4.69) is 5.32 Å². The van der Waals surface area contributed by atoms with Gasteiger partial charge >= 0.3 is 12.1 Å². The van der Waals surface area contributed by atoms with Crippen molar-refractivity contribution in [2.75, 3.05) is 7.11 Å². The van der Waals surface area contributed by atoms with Gasteiger partial charge in [0.1, 0.15) is 11.6 Å². The Hall–Kier alpha value is -2.76. The van der Waals surface area contributed by atoms with E-state index in [9.17, 15) is 32.7 Å². The van der Waals surface area contributed by atoms with E-state index in [1.54, 1.807) is 6.92 Å². The van der Waals surface area contributed by atoms with Crippen molar-refractivity contribution in [3.05, 3.63) is 40.8 Å². The van der Waals surface area contributed by atoms with E-state index in [1.807, 2.05) is 13.0 Å². The first kappa shape index (κ1) is 24.5. The van der Waals surface area contributed by atoms with Crippen LogP contribution in [0.5, 0.6) is 5.75 Å².